The van der Waals surface area contributed by atoms with E-state index < -0.39 is 28.0 Å². The highest BCUT2D eigenvalue weighted by molar-refractivity contribution is 7.89. The van der Waals surface area contributed by atoms with Crippen LogP contribution in [0.15, 0.2) is 47.4 Å². The molecule has 1 fully saturated rings. The zero-order valence-electron chi connectivity index (χ0n) is 19.8. The van der Waals surface area contributed by atoms with Crippen LogP contribution in [0.25, 0.3) is 0 Å². The number of methoxy groups -OCH3 is 3. The molecule has 2 heterocycles. The van der Waals surface area contributed by atoms with Gasteiger partial charge >= 0.3 is 5.97 Å². The minimum Gasteiger partial charge on any atom is -0.493 e. The first-order chi connectivity index (χ1) is 16.8. The molecule has 0 N–H and O–H groups in total. The first-order valence-corrected chi connectivity index (χ1v) is 12.6. The summed E-state index contributed by atoms with van der Waals surface area (Å²) in [5.74, 6) is 0.0646. The molecule has 0 radical (unpaired) electrons. The maximum atomic E-state index is 13.5. The SMILES string of the molecule is COC(=O)[C@H]1CN(C(=O)C2CCN(S(=O)(=O)c3ccc(OC)c(OC)c3)CC2)c2ccccc2O1. The van der Waals surface area contributed by atoms with E-state index in [9.17, 15) is 18.0 Å². The van der Waals surface area contributed by atoms with Crippen LogP contribution in [0.5, 0.6) is 17.2 Å². The molecule has 10 nitrogen and oxygen atoms in total. The first-order valence-electron chi connectivity index (χ1n) is 11.2. The van der Waals surface area contributed by atoms with Crippen molar-refractivity contribution < 1.29 is 37.0 Å². The Morgan fingerprint density at radius 3 is 2.31 bits per heavy atom. The Labute approximate surface area is 204 Å². The number of fused-ring (bicyclic) bond motifs is 1. The number of hydrogen-bond acceptors (Lipinski definition) is 8. The highest BCUT2D eigenvalue weighted by Crippen LogP contribution is 2.36. The molecule has 35 heavy (non-hydrogen) atoms. The summed E-state index contributed by atoms with van der Waals surface area (Å²) in [4.78, 5) is 27.2. The van der Waals surface area contributed by atoms with E-state index in [1.807, 2.05) is 0 Å². The number of piperidine rings is 1. The lowest BCUT2D eigenvalue weighted by Gasteiger charge is -2.37. The van der Waals surface area contributed by atoms with Gasteiger partial charge in [-0.15, -0.1) is 0 Å². The lowest BCUT2D eigenvalue weighted by atomic mass is 9.95. The number of carbonyl (C=O) groups is 2. The topological polar surface area (TPSA) is 112 Å². The zero-order valence-corrected chi connectivity index (χ0v) is 20.6. The van der Waals surface area contributed by atoms with Crippen LogP contribution in [0.3, 0.4) is 0 Å². The van der Waals surface area contributed by atoms with Crippen molar-refractivity contribution in [3.05, 3.63) is 42.5 Å². The van der Waals surface area contributed by atoms with Crippen molar-refractivity contribution in [1.82, 2.24) is 4.31 Å². The minimum atomic E-state index is -3.77. The van der Waals surface area contributed by atoms with E-state index in [1.54, 1.807) is 35.2 Å². The lowest BCUT2D eigenvalue weighted by Crippen LogP contribution is -2.51. The van der Waals surface area contributed by atoms with Crippen LogP contribution >= 0.6 is 0 Å². The number of nitrogens with zero attached hydrogens (tertiary/aromatic N) is 2. The summed E-state index contributed by atoms with van der Waals surface area (Å²) >= 11 is 0. The number of ether oxygens (including phenoxy) is 4. The number of amides is 1. The third kappa shape index (κ3) is 4.78. The van der Waals surface area contributed by atoms with Crippen LogP contribution in [0.4, 0.5) is 5.69 Å². The van der Waals surface area contributed by atoms with Crippen molar-refractivity contribution in [2.24, 2.45) is 5.92 Å². The fourth-order valence-corrected chi connectivity index (χ4v) is 5.87. The van der Waals surface area contributed by atoms with Crippen molar-refractivity contribution in [2.45, 2.75) is 23.8 Å². The highest BCUT2D eigenvalue weighted by atomic mass is 32.2. The Morgan fingerprint density at radius 1 is 0.971 bits per heavy atom. The number of sulfonamides is 1. The molecule has 0 spiro atoms. The van der Waals surface area contributed by atoms with Gasteiger partial charge in [-0.05, 0) is 37.1 Å². The fraction of sp³-hybridized carbons (Fsp3) is 0.417. The second-order valence-corrected chi connectivity index (χ2v) is 10.2. The number of esters is 1. The van der Waals surface area contributed by atoms with Crippen LogP contribution in [-0.2, 0) is 24.3 Å². The third-order valence-corrected chi connectivity index (χ3v) is 8.19. The van der Waals surface area contributed by atoms with Gasteiger partial charge in [0.1, 0.15) is 5.75 Å². The van der Waals surface area contributed by atoms with E-state index in [1.165, 1.54) is 37.8 Å². The van der Waals surface area contributed by atoms with Crippen LogP contribution in [0.1, 0.15) is 12.8 Å². The standard InChI is InChI=1S/C24H28N2O8S/c1-31-20-9-8-17(14-21(20)32-2)35(29,30)25-12-10-16(11-13-25)23(27)26-15-22(24(28)33-3)34-19-7-5-4-6-18(19)26/h4-9,14,16,22H,10-13,15H2,1-3H3/t22-/m1/s1. The van der Waals surface area contributed by atoms with E-state index in [2.05, 4.69) is 0 Å². The van der Waals surface area contributed by atoms with Crippen LogP contribution < -0.4 is 19.1 Å². The highest BCUT2D eigenvalue weighted by Gasteiger charge is 2.39. The van der Waals surface area contributed by atoms with Gasteiger partial charge in [-0.3, -0.25) is 4.79 Å². The number of para-hydroxylation sites is 2. The molecule has 2 aliphatic rings. The molecule has 2 aromatic carbocycles. The Morgan fingerprint density at radius 2 is 1.66 bits per heavy atom. The van der Waals surface area contributed by atoms with Crippen LogP contribution in [0, 0.1) is 5.92 Å². The summed E-state index contributed by atoms with van der Waals surface area (Å²) in [5, 5.41) is 0. The molecule has 2 aromatic rings. The van der Waals surface area contributed by atoms with Crippen molar-refractivity contribution in [2.75, 3.05) is 45.9 Å². The molecule has 1 amide bonds. The van der Waals surface area contributed by atoms with E-state index in [4.69, 9.17) is 18.9 Å². The van der Waals surface area contributed by atoms with Gasteiger partial charge in [0.25, 0.3) is 0 Å². The Hall–Kier alpha value is -3.31. The Bertz CT molecular complexity index is 1210. The van der Waals surface area contributed by atoms with Crippen molar-refractivity contribution in [1.29, 1.82) is 0 Å². The molecule has 2 aliphatic heterocycles. The van der Waals surface area contributed by atoms with Gasteiger partial charge in [0.15, 0.2) is 11.5 Å². The predicted molar refractivity (Wildman–Crippen MR) is 126 cm³/mol. The van der Waals surface area contributed by atoms with E-state index >= 15 is 0 Å². The summed E-state index contributed by atoms with van der Waals surface area (Å²) in [6.07, 6.45) is -0.217. The van der Waals surface area contributed by atoms with Gasteiger partial charge < -0.3 is 23.8 Å². The number of benzene rings is 2. The first kappa shape index (κ1) is 24.8. The molecule has 0 saturated carbocycles. The minimum absolute atomic E-state index is 0.0344. The van der Waals surface area contributed by atoms with E-state index in [0.717, 1.165) is 0 Å². The molecule has 0 unspecified atom stereocenters. The lowest BCUT2D eigenvalue weighted by molar-refractivity contribution is -0.148. The average Bonchev–Trinajstić information content (AvgIpc) is 2.91. The molecule has 0 bridgehead atoms. The molecular formula is C24H28N2O8S. The molecule has 0 aliphatic carbocycles. The molecule has 4 rings (SSSR count). The number of carbonyl (C=O) groups excluding carboxylic acids is 2. The van der Waals surface area contributed by atoms with Gasteiger partial charge in [0.05, 0.1) is 38.5 Å². The van der Waals surface area contributed by atoms with Crippen molar-refractivity contribution in [3.63, 3.8) is 0 Å². The quantitative estimate of drug-likeness (QED) is 0.550. The summed E-state index contributed by atoms with van der Waals surface area (Å²) in [6, 6.07) is 11.5. The Balaban J connectivity index is 1.48. The molecule has 0 aromatic heterocycles. The third-order valence-electron chi connectivity index (χ3n) is 6.30. The molecule has 188 valence electrons. The number of hydrogen-bond donors (Lipinski definition) is 0. The van der Waals surface area contributed by atoms with Crippen molar-refractivity contribution >= 4 is 27.6 Å². The summed E-state index contributed by atoms with van der Waals surface area (Å²) in [5.41, 5.74) is 0.582. The average molecular weight is 505 g/mol. The van der Waals surface area contributed by atoms with Crippen LogP contribution in [0.2, 0.25) is 0 Å². The largest absolute Gasteiger partial charge is 0.493 e. The summed E-state index contributed by atoms with van der Waals surface area (Å²) < 4.78 is 48.8. The zero-order chi connectivity index (χ0) is 25.2. The van der Waals surface area contributed by atoms with Gasteiger partial charge in [0, 0.05) is 25.1 Å². The monoisotopic (exact) mass is 504 g/mol. The van der Waals surface area contributed by atoms with Gasteiger partial charge in [-0.1, -0.05) is 12.1 Å². The maximum absolute atomic E-state index is 13.5. The summed E-state index contributed by atoms with van der Waals surface area (Å²) in [7, 11) is 0.421. The smallest absolute Gasteiger partial charge is 0.348 e. The van der Waals surface area contributed by atoms with Crippen molar-refractivity contribution in [3.8, 4) is 17.2 Å². The molecule has 1 saturated heterocycles. The molecular weight excluding hydrogens is 476 g/mol. The second kappa shape index (κ2) is 10.1. The summed E-state index contributed by atoms with van der Waals surface area (Å²) in [6.45, 7) is 0.422. The Kier molecular flexibility index (Phi) is 7.18. The molecule has 11 heteroatoms. The molecule has 1 atom stereocenters. The van der Waals surface area contributed by atoms with Gasteiger partial charge in [0.2, 0.25) is 22.0 Å². The number of anilines is 1. The maximum Gasteiger partial charge on any atom is 0.348 e. The fourth-order valence-electron chi connectivity index (χ4n) is 4.39. The normalized spacial score (nSPS) is 18.8. The number of rotatable bonds is 6. The van der Waals surface area contributed by atoms with E-state index in [-0.39, 0.29) is 30.4 Å². The van der Waals surface area contributed by atoms with E-state index in [0.29, 0.717) is 35.8 Å². The van der Waals surface area contributed by atoms with Gasteiger partial charge in [-0.25, -0.2) is 13.2 Å². The van der Waals surface area contributed by atoms with Crippen LogP contribution in [-0.4, -0.2) is 71.7 Å². The van der Waals surface area contributed by atoms with Gasteiger partial charge in [-0.2, -0.15) is 4.31 Å². The predicted octanol–water partition coefficient (Wildman–Crippen LogP) is 2.07. The second-order valence-electron chi connectivity index (χ2n) is 8.24.